The van der Waals surface area contributed by atoms with Gasteiger partial charge in [0.25, 0.3) is 0 Å². The van der Waals surface area contributed by atoms with E-state index in [1.165, 1.54) is 21.6 Å². The number of nitrogens with zero attached hydrogens (tertiary/aromatic N) is 4. The molecule has 2 amide bonds. The lowest BCUT2D eigenvalue weighted by Crippen LogP contribution is -3.02. The molecule has 2 aliphatic rings. The van der Waals surface area contributed by atoms with Crippen LogP contribution in [0.4, 0.5) is 5.69 Å². The molecule has 1 N–H and O–H groups in total. The maximum atomic E-state index is 13.3. The monoisotopic (exact) mass is 624 g/mol. The fourth-order valence-corrected chi connectivity index (χ4v) is 5.59. The van der Waals surface area contributed by atoms with Crippen LogP contribution in [-0.2, 0) is 16.0 Å². The number of hydrogen-bond acceptors (Lipinski definition) is 5. The summed E-state index contributed by atoms with van der Waals surface area (Å²) in [4.78, 5) is 33.2. The molecule has 0 saturated carbocycles. The molecule has 2 aromatic rings. The van der Waals surface area contributed by atoms with Crippen LogP contribution in [0.1, 0.15) is 69.1 Å². The van der Waals surface area contributed by atoms with Gasteiger partial charge in [0.15, 0.2) is 0 Å². The zero-order valence-corrected chi connectivity index (χ0v) is 29.8. The first-order valence-electron chi connectivity index (χ1n) is 17.0. The topological polar surface area (TPSA) is 60.8 Å². The molecule has 4 rings (SSSR count). The molecule has 2 heterocycles. The van der Waals surface area contributed by atoms with Gasteiger partial charge in [-0.2, -0.15) is 0 Å². The summed E-state index contributed by atoms with van der Waals surface area (Å²) < 4.78 is 5.66. The minimum Gasteiger partial charge on any atom is -0.493 e. The standard InChI is InChI=1S/C26H34N2O2.C8H18N2O.C3H9N/c1-4-5-12-28(24-8-6-7-19(2)14-24)26(29)18-27-17-23(15-20(27)3)21-9-10-25-22(16-21)11-13-30-25;1-4-9(2)6-5-7-10(3)8-11;1-4(2)3/h6-10,14,16,20,23H,4-5,11-13,15,17-18H2,1-3H3;8H,4-7H2,1-3H3;1-3H3/p+1/t20-,23+;;/m0../s1. The van der Waals surface area contributed by atoms with Crippen molar-refractivity contribution in [2.75, 3.05) is 86.0 Å². The highest BCUT2D eigenvalue weighted by molar-refractivity contribution is 5.94. The molecule has 45 heavy (non-hydrogen) atoms. The normalized spacial score (nSPS) is 17.1. The van der Waals surface area contributed by atoms with Gasteiger partial charge in [-0.15, -0.1) is 0 Å². The highest BCUT2D eigenvalue weighted by Crippen LogP contribution is 2.35. The first-order valence-corrected chi connectivity index (χ1v) is 17.0. The molecule has 1 fully saturated rings. The van der Waals surface area contributed by atoms with Crippen LogP contribution >= 0.6 is 0 Å². The Morgan fingerprint density at radius 3 is 2.42 bits per heavy atom. The predicted molar refractivity (Wildman–Crippen MR) is 188 cm³/mol. The third-order valence-corrected chi connectivity index (χ3v) is 8.35. The van der Waals surface area contributed by atoms with Crippen LogP contribution in [0.25, 0.3) is 0 Å². The molecule has 0 aromatic heterocycles. The van der Waals surface area contributed by atoms with E-state index in [1.807, 2.05) is 11.0 Å². The van der Waals surface area contributed by atoms with Crippen LogP contribution in [0, 0.1) is 6.92 Å². The number of nitrogens with one attached hydrogen (secondary N) is 1. The van der Waals surface area contributed by atoms with Gasteiger partial charge < -0.3 is 24.3 Å². The fourth-order valence-electron chi connectivity index (χ4n) is 5.59. The van der Waals surface area contributed by atoms with Crippen molar-refractivity contribution in [2.45, 2.75) is 71.8 Å². The summed E-state index contributed by atoms with van der Waals surface area (Å²) in [5, 5.41) is 0. The van der Waals surface area contributed by atoms with Crippen LogP contribution in [0.3, 0.4) is 0 Å². The lowest BCUT2D eigenvalue weighted by atomic mass is 9.94. The van der Waals surface area contributed by atoms with Crippen molar-refractivity contribution in [1.82, 2.24) is 14.7 Å². The van der Waals surface area contributed by atoms with E-state index in [4.69, 9.17) is 4.74 Å². The number of rotatable bonds is 13. The lowest BCUT2D eigenvalue weighted by molar-refractivity contribution is -0.836. The van der Waals surface area contributed by atoms with Crippen molar-refractivity contribution < 1.29 is 19.2 Å². The van der Waals surface area contributed by atoms with Crippen molar-refractivity contribution >= 4 is 18.0 Å². The van der Waals surface area contributed by atoms with E-state index >= 15 is 0 Å². The van der Waals surface area contributed by atoms with Gasteiger partial charge >= 0.3 is 0 Å². The third-order valence-electron chi connectivity index (χ3n) is 8.35. The minimum absolute atomic E-state index is 0.212. The van der Waals surface area contributed by atoms with Crippen molar-refractivity contribution in [3.05, 3.63) is 59.2 Å². The van der Waals surface area contributed by atoms with Gasteiger partial charge in [0.05, 0.1) is 34.3 Å². The average Bonchev–Trinajstić information content (AvgIpc) is 3.63. The number of fused-ring (bicyclic) bond motifs is 1. The number of amides is 2. The summed E-state index contributed by atoms with van der Waals surface area (Å²) in [5.41, 5.74) is 4.94. The quantitative estimate of drug-likeness (QED) is 0.340. The highest BCUT2D eigenvalue weighted by atomic mass is 16.5. The number of ether oxygens (including phenoxy) is 1. The second kappa shape index (κ2) is 20.2. The second-order valence-corrected chi connectivity index (χ2v) is 13.3. The van der Waals surface area contributed by atoms with E-state index in [0.29, 0.717) is 18.5 Å². The zero-order chi connectivity index (χ0) is 33.4. The summed E-state index contributed by atoms with van der Waals surface area (Å²) in [6.07, 6.45) is 6.14. The number of benzene rings is 2. The molecule has 0 radical (unpaired) electrons. The van der Waals surface area contributed by atoms with E-state index in [1.54, 1.807) is 11.9 Å². The average molecular weight is 625 g/mol. The molecule has 2 atom stereocenters. The van der Waals surface area contributed by atoms with E-state index in [-0.39, 0.29) is 5.91 Å². The van der Waals surface area contributed by atoms with Crippen LogP contribution in [-0.4, -0.2) is 114 Å². The van der Waals surface area contributed by atoms with Gasteiger partial charge in [0, 0.05) is 44.8 Å². The van der Waals surface area contributed by atoms with Gasteiger partial charge in [-0.05, 0) is 94.1 Å². The molecule has 1 saturated heterocycles. The number of anilines is 1. The molecule has 0 unspecified atom stereocenters. The van der Waals surface area contributed by atoms with Crippen molar-refractivity contribution in [2.24, 2.45) is 0 Å². The molecule has 252 valence electrons. The van der Waals surface area contributed by atoms with E-state index in [9.17, 15) is 9.59 Å². The number of unbranched alkanes of at least 4 members (excludes halogenated alkanes) is 1. The van der Waals surface area contributed by atoms with Gasteiger partial charge in [-0.1, -0.05) is 44.5 Å². The van der Waals surface area contributed by atoms with E-state index < -0.39 is 0 Å². The SMILES string of the molecule is CCCCN(C(=O)CN1C[C@H](c2ccc3c(c2)CCO3)C[C@@H]1C)c1cccc(C)c1.CCN(C)CCCN(C)C=O.C[NH+](C)C. The Bertz CT molecular complexity index is 1150. The van der Waals surface area contributed by atoms with Crippen molar-refractivity contribution in [3.8, 4) is 5.75 Å². The summed E-state index contributed by atoms with van der Waals surface area (Å²) >= 11 is 0. The number of likely N-dealkylation sites (tertiary alicyclic amines) is 1. The maximum Gasteiger partial charge on any atom is 0.241 e. The van der Waals surface area contributed by atoms with Crippen molar-refractivity contribution in [3.63, 3.8) is 0 Å². The molecule has 0 spiro atoms. The molecule has 2 aromatic carbocycles. The van der Waals surface area contributed by atoms with Gasteiger partial charge in [0.2, 0.25) is 12.3 Å². The van der Waals surface area contributed by atoms with E-state index in [0.717, 1.165) is 89.3 Å². The number of carbonyl (C=O) groups is 2. The molecule has 0 aliphatic carbocycles. The summed E-state index contributed by atoms with van der Waals surface area (Å²) in [5.74, 6) is 1.74. The molecular formula is C37H62N5O3+. The van der Waals surface area contributed by atoms with Gasteiger partial charge in [0.1, 0.15) is 5.75 Å². The lowest BCUT2D eigenvalue weighted by Gasteiger charge is -2.27. The Hall–Kier alpha value is -2.94. The molecule has 8 nitrogen and oxygen atoms in total. The van der Waals surface area contributed by atoms with Crippen LogP contribution in [0.15, 0.2) is 42.5 Å². The predicted octanol–water partition coefficient (Wildman–Crippen LogP) is 4.12. The number of quaternary nitrogens is 1. The van der Waals surface area contributed by atoms with Crippen molar-refractivity contribution in [1.29, 1.82) is 0 Å². The number of hydrogen-bond donors (Lipinski definition) is 1. The second-order valence-electron chi connectivity index (χ2n) is 13.3. The smallest absolute Gasteiger partial charge is 0.241 e. The largest absolute Gasteiger partial charge is 0.493 e. The molecular weight excluding hydrogens is 562 g/mol. The Labute approximate surface area is 274 Å². The maximum absolute atomic E-state index is 13.3. The summed E-state index contributed by atoms with van der Waals surface area (Å²) in [6, 6.07) is 15.4. The Kier molecular flexibility index (Phi) is 17.2. The van der Waals surface area contributed by atoms with Crippen LogP contribution in [0.2, 0.25) is 0 Å². The highest BCUT2D eigenvalue weighted by Gasteiger charge is 2.33. The fraction of sp³-hybridized carbons (Fsp3) is 0.622. The first-order chi connectivity index (χ1) is 21.5. The number of carbonyl (C=O) groups excluding carboxylic acids is 2. The summed E-state index contributed by atoms with van der Waals surface area (Å²) in [6.45, 7) is 14.7. The van der Waals surface area contributed by atoms with E-state index in [2.05, 4.69) is 102 Å². The molecule has 8 heteroatoms. The van der Waals surface area contributed by atoms with Gasteiger partial charge in [-0.25, -0.2) is 0 Å². The van der Waals surface area contributed by atoms with Gasteiger partial charge in [-0.3, -0.25) is 14.5 Å². The molecule has 2 aliphatic heterocycles. The Morgan fingerprint density at radius 1 is 1.04 bits per heavy atom. The minimum atomic E-state index is 0.212. The third kappa shape index (κ3) is 13.5. The zero-order valence-electron chi connectivity index (χ0n) is 29.8. The number of aryl methyl sites for hydroxylation is 1. The van der Waals surface area contributed by atoms with Crippen LogP contribution in [0.5, 0.6) is 5.75 Å². The Morgan fingerprint density at radius 2 is 1.78 bits per heavy atom. The molecule has 0 bridgehead atoms. The summed E-state index contributed by atoms with van der Waals surface area (Å²) in [7, 11) is 10.1. The van der Waals surface area contributed by atoms with Crippen LogP contribution < -0.4 is 14.5 Å². The Balaban J connectivity index is 0.000000394. The first kappa shape index (κ1) is 38.2.